The molecule has 200 valence electrons. The first-order valence-electron chi connectivity index (χ1n) is 14.2. The van der Waals surface area contributed by atoms with Gasteiger partial charge in [-0.1, -0.05) is 31.6 Å². The molecule has 0 amide bonds. The molecule has 5 nitrogen and oxygen atoms in total. The molecule has 0 heterocycles. The predicted molar refractivity (Wildman–Crippen MR) is 150 cm³/mol. The van der Waals surface area contributed by atoms with Crippen LogP contribution in [-0.4, -0.2) is 50.6 Å². The molecular formula is C32H44N2O3. The zero-order valence-electron chi connectivity index (χ0n) is 23.3. The quantitative estimate of drug-likeness (QED) is 0.488. The summed E-state index contributed by atoms with van der Waals surface area (Å²) in [6, 6.07) is 9.12. The van der Waals surface area contributed by atoms with Crippen LogP contribution in [0.25, 0.3) is 0 Å². The van der Waals surface area contributed by atoms with Crippen molar-refractivity contribution < 1.29 is 14.6 Å². The van der Waals surface area contributed by atoms with E-state index in [-0.39, 0.29) is 30.0 Å². The summed E-state index contributed by atoms with van der Waals surface area (Å²) in [6.45, 7) is 7.31. The van der Waals surface area contributed by atoms with Crippen LogP contribution in [0.2, 0.25) is 0 Å². The number of fused-ring (bicyclic) bond motifs is 4. The van der Waals surface area contributed by atoms with Crippen LogP contribution < -0.4 is 4.90 Å². The second-order valence-electron chi connectivity index (χ2n) is 12.2. The molecule has 0 spiro atoms. The number of benzene rings is 1. The number of hydrogen-bond donors (Lipinski definition) is 1. The Labute approximate surface area is 222 Å². The highest BCUT2D eigenvalue weighted by Gasteiger charge is 2.63. The van der Waals surface area contributed by atoms with E-state index in [1.54, 1.807) is 11.1 Å². The van der Waals surface area contributed by atoms with Crippen LogP contribution in [0.3, 0.4) is 0 Å². The van der Waals surface area contributed by atoms with Gasteiger partial charge in [0, 0.05) is 43.4 Å². The van der Waals surface area contributed by atoms with Gasteiger partial charge >= 0.3 is 0 Å². The maximum absolute atomic E-state index is 13.6. The van der Waals surface area contributed by atoms with E-state index in [0.717, 1.165) is 50.7 Å². The Kier molecular flexibility index (Phi) is 7.23. The molecule has 0 aromatic heterocycles. The SMILES string of the molecule is CCOCC(=O)[C@@]1(C)CCC2C3CCC4=CC(=NCO)CCC4=C3C(c3ccc(N(C)C)cc3)C[C@@]21C. The van der Waals surface area contributed by atoms with E-state index in [4.69, 9.17) is 4.74 Å². The van der Waals surface area contributed by atoms with E-state index in [1.807, 2.05) is 6.92 Å². The first-order chi connectivity index (χ1) is 17.7. The summed E-state index contributed by atoms with van der Waals surface area (Å²) < 4.78 is 5.65. The Morgan fingerprint density at radius 2 is 1.89 bits per heavy atom. The Morgan fingerprint density at radius 3 is 2.57 bits per heavy atom. The maximum Gasteiger partial charge on any atom is 0.164 e. The van der Waals surface area contributed by atoms with Gasteiger partial charge in [0.2, 0.25) is 0 Å². The first-order valence-corrected chi connectivity index (χ1v) is 14.2. The number of carbonyl (C=O) groups excluding carboxylic acids is 1. The molecule has 1 N–H and O–H groups in total. The van der Waals surface area contributed by atoms with Crippen LogP contribution in [0, 0.1) is 22.7 Å². The van der Waals surface area contributed by atoms with Gasteiger partial charge in [0.15, 0.2) is 5.78 Å². The molecule has 1 aromatic rings. The molecule has 4 aliphatic rings. The number of ketones is 1. The number of rotatable bonds is 7. The number of ether oxygens (including phenoxy) is 1. The average molecular weight is 505 g/mol. The molecule has 37 heavy (non-hydrogen) atoms. The molecular weight excluding hydrogens is 460 g/mol. The lowest BCUT2D eigenvalue weighted by Gasteiger charge is -2.55. The Hall–Kier alpha value is -2.24. The van der Waals surface area contributed by atoms with Crippen LogP contribution in [0.15, 0.2) is 52.1 Å². The van der Waals surface area contributed by atoms with Crippen molar-refractivity contribution in [2.45, 2.75) is 71.6 Å². The van der Waals surface area contributed by atoms with Gasteiger partial charge in [-0.25, -0.2) is 0 Å². The van der Waals surface area contributed by atoms with Crippen molar-refractivity contribution in [1.29, 1.82) is 0 Å². The lowest BCUT2D eigenvalue weighted by molar-refractivity contribution is -0.141. The normalized spacial score (nSPS) is 34.1. The molecule has 2 fully saturated rings. The summed E-state index contributed by atoms with van der Waals surface area (Å²) in [6.07, 6.45) is 9.45. The number of carbonyl (C=O) groups is 1. The van der Waals surface area contributed by atoms with Crippen LogP contribution in [0.5, 0.6) is 0 Å². The van der Waals surface area contributed by atoms with Gasteiger partial charge < -0.3 is 14.7 Å². The topological polar surface area (TPSA) is 62.1 Å². The van der Waals surface area contributed by atoms with E-state index in [1.165, 1.54) is 16.8 Å². The van der Waals surface area contributed by atoms with Crippen LogP contribution >= 0.6 is 0 Å². The highest BCUT2D eigenvalue weighted by Crippen LogP contribution is 2.69. The minimum absolute atomic E-state index is 0.0554. The smallest absolute Gasteiger partial charge is 0.164 e. The zero-order valence-corrected chi connectivity index (χ0v) is 23.3. The van der Waals surface area contributed by atoms with Gasteiger partial charge in [-0.05, 0) is 104 Å². The van der Waals surface area contributed by atoms with E-state index in [9.17, 15) is 9.90 Å². The summed E-state index contributed by atoms with van der Waals surface area (Å²) in [7, 11) is 4.17. The lowest BCUT2D eigenvalue weighted by atomic mass is 9.48. The molecule has 0 saturated heterocycles. The average Bonchev–Trinajstić information content (AvgIpc) is 3.18. The fourth-order valence-corrected chi connectivity index (χ4v) is 8.25. The lowest BCUT2D eigenvalue weighted by Crippen LogP contribution is -2.50. The van der Waals surface area contributed by atoms with Gasteiger partial charge in [-0.15, -0.1) is 0 Å². The Morgan fingerprint density at radius 1 is 1.14 bits per heavy atom. The highest BCUT2D eigenvalue weighted by molar-refractivity contribution is 5.98. The maximum atomic E-state index is 13.6. The van der Waals surface area contributed by atoms with Gasteiger partial charge in [0.1, 0.15) is 13.3 Å². The third-order valence-electron chi connectivity index (χ3n) is 10.5. The number of aliphatic hydroxyl groups is 1. The van der Waals surface area contributed by atoms with Crippen LogP contribution in [0.1, 0.15) is 77.2 Å². The van der Waals surface area contributed by atoms with Crippen molar-refractivity contribution in [2.75, 3.05) is 38.9 Å². The number of Topliss-reactive ketones (excluding diaryl/α,β-unsaturated/α-hetero) is 1. The second kappa shape index (κ2) is 10.1. The van der Waals surface area contributed by atoms with Gasteiger partial charge in [0.25, 0.3) is 0 Å². The molecule has 0 radical (unpaired) electrons. The number of anilines is 1. The van der Waals surface area contributed by atoms with Gasteiger partial charge in [-0.2, -0.15) is 0 Å². The molecule has 5 heteroatoms. The molecule has 5 atom stereocenters. The summed E-state index contributed by atoms with van der Waals surface area (Å²) in [5.74, 6) is 1.64. The first kappa shape index (κ1) is 26.4. The Bertz CT molecular complexity index is 1130. The highest BCUT2D eigenvalue weighted by atomic mass is 16.5. The summed E-state index contributed by atoms with van der Waals surface area (Å²) in [5, 5.41) is 9.36. The van der Waals surface area contributed by atoms with Crippen LogP contribution in [-0.2, 0) is 9.53 Å². The molecule has 5 rings (SSSR count). The fourth-order valence-electron chi connectivity index (χ4n) is 8.25. The summed E-state index contributed by atoms with van der Waals surface area (Å²) >= 11 is 0. The van der Waals surface area contributed by atoms with Crippen molar-refractivity contribution in [3.05, 3.63) is 52.6 Å². The molecule has 0 bridgehead atoms. The minimum Gasteiger partial charge on any atom is -0.378 e. The monoisotopic (exact) mass is 504 g/mol. The largest absolute Gasteiger partial charge is 0.378 e. The van der Waals surface area contributed by atoms with Crippen molar-refractivity contribution >= 4 is 17.2 Å². The third-order valence-corrected chi connectivity index (χ3v) is 10.5. The van der Waals surface area contributed by atoms with Crippen molar-refractivity contribution in [1.82, 2.24) is 0 Å². The number of hydrogen-bond acceptors (Lipinski definition) is 5. The number of allylic oxidation sites excluding steroid dienone is 4. The molecule has 3 unspecified atom stereocenters. The van der Waals surface area contributed by atoms with E-state index in [2.05, 4.69) is 68.2 Å². The Balaban J connectivity index is 1.62. The van der Waals surface area contributed by atoms with Gasteiger partial charge in [0.05, 0.1) is 0 Å². The molecule has 4 aliphatic carbocycles. The molecule has 2 saturated carbocycles. The van der Waals surface area contributed by atoms with Crippen molar-refractivity contribution in [3.63, 3.8) is 0 Å². The van der Waals surface area contributed by atoms with Gasteiger partial charge in [-0.3, -0.25) is 9.79 Å². The van der Waals surface area contributed by atoms with Crippen LogP contribution in [0.4, 0.5) is 5.69 Å². The van der Waals surface area contributed by atoms with E-state index in [0.29, 0.717) is 24.4 Å². The number of aliphatic imine (C=N–C) groups is 1. The predicted octanol–water partition coefficient (Wildman–Crippen LogP) is 6.09. The molecule has 0 aliphatic heterocycles. The molecule has 1 aromatic carbocycles. The summed E-state index contributed by atoms with van der Waals surface area (Å²) in [4.78, 5) is 20.1. The minimum atomic E-state index is -0.353. The number of nitrogens with zero attached hydrogens (tertiary/aromatic N) is 2. The standard InChI is InChI=1S/C32H44N2O3/c1-6-37-19-29(36)31(2)16-15-28-26-13-9-22-17-23(33-20-35)10-14-25(22)30(26)27(18-32(28,31)3)21-7-11-24(12-8-21)34(4)5/h7-8,11-12,17,26-28,35H,6,9-10,13-16,18-20H2,1-5H3/t26?,27?,28?,31-,32+/m1/s1. The van der Waals surface area contributed by atoms with E-state index >= 15 is 0 Å². The second-order valence-corrected chi connectivity index (χ2v) is 12.2. The van der Waals surface area contributed by atoms with Crippen molar-refractivity contribution in [3.8, 4) is 0 Å². The number of aliphatic hydroxyl groups excluding tert-OH is 1. The zero-order chi connectivity index (χ0) is 26.4. The summed E-state index contributed by atoms with van der Waals surface area (Å²) in [5.41, 5.74) is 7.82. The third kappa shape index (κ3) is 4.32. The van der Waals surface area contributed by atoms with Crippen molar-refractivity contribution in [2.24, 2.45) is 27.7 Å². The van der Waals surface area contributed by atoms with E-state index < -0.39 is 0 Å². The fraction of sp³-hybridized carbons (Fsp3) is 0.625.